The fourth-order valence-electron chi connectivity index (χ4n) is 5.35. The maximum atomic E-state index is 12.4. The second-order valence-corrected chi connectivity index (χ2v) is 8.40. The maximum Gasteiger partial charge on any atom is 0.258 e. The van der Waals surface area contributed by atoms with Crippen LogP contribution in [0.2, 0.25) is 10.0 Å². The van der Waals surface area contributed by atoms with Crippen LogP contribution >= 0.6 is 23.2 Å². The number of hydrogen-bond donors (Lipinski definition) is 1. The molecule has 0 saturated heterocycles. The molecule has 1 aromatic rings. The molecular weight excluding hydrogens is 333 g/mol. The third-order valence-corrected chi connectivity index (χ3v) is 6.30. The van der Waals surface area contributed by atoms with Gasteiger partial charge in [-0.15, -0.1) is 0 Å². The Bertz CT molecular complexity index is 576. The van der Waals surface area contributed by atoms with Crippen molar-refractivity contribution in [2.45, 2.75) is 44.1 Å². The smallest absolute Gasteiger partial charge is 0.258 e. The van der Waals surface area contributed by atoms with Crippen molar-refractivity contribution in [3.8, 4) is 5.75 Å². The first kappa shape index (κ1) is 15.6. The van der Waals surface area contributed by atoms with Crippen LogP contribution in [-0.4, -0.2) is 18.1 Å². The highest BCUT2D eigenvalue weighted by Crippen LogP contribution is 2.55. The Labute approximate surface area is 146 Å². The van der Waals surface area contributed by atoms with Crippen molar-refractivity contribution in [2.24, 2.45) is 17.8 Å². The highest BCUT2D eigenvalue weighted by Gasteiger charge is 2.51. The molecule has 4 bridgehead atoms. The van der Waals surface area contributed by atoms with Gasteiger partial charge in [0.15, 0.2) is 12.4 Å². The van der Waals surface area contributed by atoms with Crippen LogP contribution in [0.5, 0.6) is 5.75 Å². The van der Waals surface area contributed by atoms with Crippen LogP contribution in [0.15, 0.2) is 18.2 Å². The summed E-state index contributed by atoms with van der Waals surface area (Å²) in [6.07, 6.45) is 7.50. The number of hydrogen-bond acceptors (Lipinski definition) is 2. The van der Waals surface area contributed by atoms with E-state index in [4.69, 9.17) is 27.9 Å². The maximum absolute atomic E-state index is 12.4. The van der Waals surface area contributed by atoms with Gasteiger partial charge in [0.2, 0.25) is 0 Å². The Balaban J connectivity index is 1.39. The lowest BCUT2D eigenvalue weighted by Gasteiger charge is -2.56. The summed E-state index contributed by atoms with van der Waals surface area (Å²) in [5, 5.41) is 4.14. The Morgan fingerprint density at radius 1 is 1.09 bits per heavy atom. The largest absolute Gasteiger partial charge is 0.481 e. The third kappa shape index (κ3) is 3.06. The minimum atomic E-state index is -0.0667. The lowest BCUT2D eigenvalue weighted by molar-refractivity contribution is -0.128. The lowest BCUT2D eigenvalue weighted by atomic mass is 9.53. The molecule has 1 N–H and O–H groups in total. The third-order valence-electron chi connectivity index (χ3n) is 5.71. The number of carbonyl (C=O) groups excluding carboxylic acids is 1. The van der Waals surface area contributed by atoms with Crippen molar-refractivity contribution in [3.63, 3.8) is 0 Å². The van der Waals surface area contributed by atoms with E-state index in [1.54, 1.807) is 18.2 Å². The van der Waals surface area contributed by atoms with Gasteiger partial charge in [-0.3, -0.25) is 4.79 Å². The fourth-order valence-corrected chi connectivity index (χ4v) is 5.86. The molecule has 0 unspecified atom stereocenters. The summed E-state index contributed by atoms with van der Waals surface area (Å²) in [6, 6.07) is 5.17. The van der Waals surface area contributed by atoms with Crippen LogP contribution < -0.4 is 10.1 Å². The van der Waals surface area contributed by atoms with Crippen molar-refractivity contribution in [3.05, 3.63) is 28.2 Å². The zero-order valence-electron chi connectivity index (χ0n) is 13.0. The topological polar surface area (TPSA) is 38.3 Å². The molecule has 4 fully saturated rings. The van der Waals surface area contributed by atoms with Gasteiger partial charge in [0, 0.05) is 5.54 Å². The van der Waals surface area contributed by atoms with Gasteiger partial charge in [-0.1, -0.05) is 29.3 Å². The predicted molar refractivity (Wildman–Crippen MR) is 91.0 cm³/mol. The number of benzene rings is 1. The first-order valence-electron chi connectivity index (χ1n) is 8.41. The summed E-state index contributed by atoms with van der Waals surface area (Å²) >= 11 is 12.1. The second kappa shape index (κ2) is 5.86. The molecule has 0 aliphatic heterocycles. The monoisotopic (exact) mass is 353 g/mol. The van der Waals surface area contributed by atoms with Crippen LogP contribution in [0.3, 0.4) is 0 Å². The number of ether oxygens (including phenoxy) is 1. The van der Waals surface area contributed by atoms with E-state index >= 15 is 0 Å². The van der Waals surface area contributed by atoms with Crippen molar-refractivity contribution >= 4 is 29.1 Å². The number of amides is 1. The molecule has 1 aromatic carbocycles. The zero-order chi connectivity index (χ0) is 16.0. The van der Waals surface area contributed by atoms with Gasteiger partial charge in [0.25, 0.3) is 5.91 Å². The molecule has 4 aliphatic rings. The first-order chi connectivity index (χ1) is 11.0. The molecule has 0 spiro atoms. The van der Waals surface area contributed by atoms with E-state index in [1.165, 1.54) is 19.3 Å². The molecule has 0 heterocycles. The predicted octanol–water partition coefficient (Wildman–Crippen LogP) is 4.46. The molecule has 23 heavy (non-hydrogen) atoms. The Morgan fingerprint density at radius 3 is 2.13 bits per heavy atom. The summed E-state index contributed by atoms with van der Waals surface area (Å²) in [6.45, 7) is -0.0365. The Hall–Kier alpha value is -0.930. The van der Waals surface area contributed by atoms with Gasteiger partial charge in [-0.05, 0) is 68.4 Å². The molecule has 5 heteroatoms. The number of nitrogens with one attached hydrogen (secondary N) is 1. The molecule has 0 atom stereocenters. The highest BCUT2D eigenvalue weighted by molar-refractivity contribution is 6.37. The minimum absolute atomic E-state index is 0.0134. The van der Waals surface area contributed by atoms with E-state index in [-0.39, 0.29) is 18.1 Å². The molecule has 124 valence electrons. The summed E-state index contributed by atoms with van der Waals surface area (Å²) in [5.74, 6) is 2.74. The summed E-state index contributed by atoms with van der Waals surface area (Å²) in [5.41, 5.74) is 0.0134. The van der Waals surface area contributed by atoms with Gasteiger partial charge >= 0.3 is 0 Å². The van der Waals surface area contributed by atoms with E-state index < -0.39 is 0 Å². The van der Waals surface area contributed by atoms with E-state index in [0.29, 0.717) is 15.8 Å². The molecule has 3 nitrogen and oxygen atoms in total. The average molecular weight is 354 g/mol. The molecule has 4 saturated carbocycles. The first-order valence-corrected chi connectivity index (χ1v) is 9.16. The quantitative estimate of drug-likeness (QED) is 0.867. The summed E-state index contributed by atoms with van der Waals surface area (Å²) < 4.78 is 5.57. The van der Waals surface area contributed by atoms with Crippen molar-refractivity contribution < 1.29 is 9.53 Å². The molecule has 1 amide bonds. The summed E-state index contributed by atoms with van der Waals surface area (Å²) in [7, 11) is 0. The second-order valence-electron chi connectivity index (χ2n) is 7.59. The normalized spacial score (nSPS) is 34.4. The van der Waals surface area contributed by atoms with Crippen LogP contribution in [0.4, 0.5) is 0 Å². The standard InChI is InChI=1S/C18H21Cl2NO2/c19-14-2-1-3-15(20)17(14)23-10-16(22)21-18-7-11-4-12(8-18)6-13(5-11)9-18/h1-3,11-13H,4-10H2,(H,21,22). The molecule has 0 aromatic heterocycles. The molecular formula is C18H21Cl2NO2. The zero-order valence-corrected chi connectivity index (χ0v) is 14.5. The van der Waals surface area contributed by atoms with Crippen LogP contribution in [0, 0.1) is 17.8 Å². The van der Waals surface area contributed by atoms with E-state index in [9.17, 15) is 4.79 Å². The van der Waals surface area contributed by atoms with Gasteiger partial charge in [-0.25, -0.2) is 0 Å². The number of halogens is 2. The van der Waals surface area contributed by atoms with Crippen molar-refractivity contribution in [1.29, 1.82) is 0 Å². The lowest BCUT2D eigenvalue weighted by Crippen LogP contribution is -2.60. The van der Waals surface area contributed by atoms with Gasteiger partial charge in [0.05, 0.1) is 10.0 Å². The SMILES string of the molecule is O=C(COc1c(Cl)cccc1Cl)NC12CC3CC(CC(C3)C1)C2. The number of rotatable bonds is 4. The van der Waals surface area contributed by atoms with E-state index in [1.807, 2.05) is 0 Å². The highest BCUT2D eigenvalue weighted by atomic mass is 35.5. The van der Waals surface area contributed by atoms with Crippen LogP contribution in [-0.2, 0) is 4.79 Å². The van der Waals surface area contributed by atoms with Gasteiger partial charge in [-0.2, -0.15) is 0 Å². The van der Waals surface area contributed by atoms with Crippen molar-refractivity contribution in [1.82, 2.24) is 5.32 Å². The van der Waals surface area contributed by atoms with Crippen LogP contribution in [0.25, 0.3) is 0 Å². The van der Waals surface area contributed by atoms with E-state index in [2.05, 4.69) is 5.32 Å². The Kier molecular flexibility index (Phi) is 3.97. The summed E-state index contributed by atoms with van der Waals surface area (Å²) in [4.78, 5) is 12.4. The number of para-hydroxylation sites is 1. The van der Waals surface area contributed by atoms with Gasteiger partial charge in [0.1, 0.15) is 0 Å². The van der Waals surface area contributed by atoms with Crippen molar-refractivity contribution in [2.75, 3.05) is 6.61 Å². The molecule has 5 rings (SSSR count). The Morgan fingerprint density at radius 2 is 1.61 bits per heavy atom. The average Bonchev–Trinajstić information content (AvgIpc) is 2.44. The molecule has 0 radical (unpaired) electrons. The van der Waals surface area contributed by atoms with Gasteiger partial charge < -0.3 is 10.1 Å². The van der Waals surface area contributed by atoms with Crippen LogP contribution in [0.1, 0.15) is 38.5 Å². The number of carbonyl (C=O) groups is 1. The molecule has 4 aliphatic carbocycles. The minimum Gasteiger partial charge on any atom is -0.481 e. The fraction of sp³-hybridized carbons (Fsp3) is 0.611. The van der Waals surface area contributed by atoms with E-state index in [0.717, 1.165) is 37.0 Å².